The van der Waals surface area contributed by atoms with Crippen LogP contribution in [0.1, 0.15) is 18.4 Å². The number of nitrogens with zero attached hydrogens (tertiary/aromatic N) is 1. The summed E-state index contributed by atoms with van der Waals surface area (Å²) in [4.78, 5) is 13.5. The van der Waals surface area contributed by atoms with Crippen LogP contribution in [-0.4, -0.2) is 30.6 Å². The minimum Gasteiger partial charge on any atom is -0.368 e. The molecule has 1 atom stereocenters. The molecule has 1 aromatic rings. The summed E-state index contributed by atoms with van der Waals surface area (Å²) >= 11 is 0. The van der Waals surface area contributed by atoms with E-state index in [0.717, 1.165) is 12.8 Å². The summed E-state index contributed by atoms with van der Waals surface area (Å²) in [6.07, 6.45) is 1.34. The average Bonchev–Trinajstić information content (AvgIpc) is 2.84. The van der Waals surface area contributed by atoms with Crippen LogP contribution in [0.5, 0.6) is 0 Å². The standard InChI is InChI=1S/C13H16FNO2/c1-15(13(16)12-7-4-8-17-12)9-10-5-2-3-6-11(10)14/h2-3,5-6,12H,4,7-9H2,1H3. The van der Waals surface area contributed by atoms with Gasteiger partial charge in [-0.3, -0.25) is 4.79 Å². The second-order valence-electron chi connectivity index (χ2n) is 4.29. The number of benzene rings is 1. The van der Waals surface area contributed by atoms with Crippen molar-refractivity contribution in [2.75, 3.05) is 13.7 Å². The molecule has 1 saturated heterocycles. The molecule has 1 heterocycles. The van der Waals surface area contributed by atoms with Gasteiger partial charge < -0.3 is 9.64 Å². The second-order valence-corrected chi connectivity index (χ2v) is 4.29. The SMILES string of the molecule is CN(Cc1ccccc1F)C(=O)C1CCCO1. The summed E-state index contributed by atoms with van der Waals surface area (Å²) in [6.45, 7) is 0.926. The topological polar surface area (TPSA) is 29.5 Å². The zero-order valence-electron chi connectivity index (χ0n) is 9.86. The average molecular weight is 237 g/mol. The highest BCUT2D eigenvalue weighted by molar-refractivity contribution is 5.80. The predicted octanol–water partition coefficient (Wildman–Crippen LogP) is 1.96. The van der Waals surface area contributed by atoms with E-state index in [1.165, 1.54) is 11.0 Å². The summed E-state index contributed by atoms with van der Waals surface area (Å²) in [5.74, 6) is -0.342. The minimum absolute atomic E-state index is 0.0641. The first-order valence-corrected chi connectivity index (χ1v) is 5.78. The number of ether oxygens (including phenoxy) is 1. The number of carbonyl (C=O) groups is 1. The van der Waals surface area contributed by atoms with Crippen molar-refractivity contribution in [2.45, 2.75) is 25.5 Å². The smallest absolute Gasteiger partial charge is 0.251 e. The van der Waals surface area contributed by atoms with Gasteiger partial charge in [0.05, 0.1) is 0 Å². The highest BCUT2D eigenvalue weighted by atomic mass is 19.1. The summed E-state index contributed by atoms with van der Waals surface area (Å²) in [5.41, 5.74) is 0.529. The first kappa shape index (κ1) is 12.0. The quantitative estimate of drug-likeness (QED) is 0.804. The third kappa shape index (κ3) is 2.82. The fraction of sp³-hybridized carbons (Fsp3) is 0.462. The minimum atomic E-state index is -0.341. The zero-order valence-corrected chi connectivity index (χ0v) is 9.86. The number of hydrogen-bond acceptors (Lipinski definition) is 2. The van der Waals surface area contributed by atoms with Gasteiger partial charge in [-0.15, -0.1) is 0 Å². The lowest BCUT2D eigenvalue weighted by atomic mass is 10.1. The van der Waals surface area contributed by atoms with Crippen LogP contribution in [0.2, 0.25) is 0 Å². The fourth-order valence-electron chi connectivity index (χ4n) is 1.98. The molecule has 4 heteroatoms. The van der Waals surface area contributed by atoms with Crippen LogP contribution in [0, 0.1) is 5.82 Å². The molecular weight excluding hydrogens is 221 g/mol. The number of amides is 1. The van der Waals surface area contributed by atoms with Crippen molar-refractivity contribution in [3.05, 3.63) is 35.6 Å². The van der Waals surface area contributed by atoms with Crippen molar-refractivity contribution in [3.63, 3.8) is 0 Å². The molecule has 3 nitrogen and oxygen atoms in total. The van der Waals surface area contributed by atoms with Crippen LogP contribution in [0.3, 0.4) is 0 Å². The molecule has 17 heavy (non-hydrogen) atoms. The fourth-order valence-corrected chi connectivity index (χ4v) is 1.98. The number of rotatable bonds is 3. The van der Waals surface area contributed by atoms with Gasteiger partial charge in [-0.1, -0.05) is 18.2 Å². The Morgan fingerprint density at radius 2 is 2.29 bits per heavy atom. The lowest BCUT2D eigenvalue weighted by molar-refractivity contribution is -0.140. The van der Waals surface area contributed by atoms with E-state index in [-0.39, 0.29) is 24.4 Å². The largest absolute Gasteiger partial charge is 0.368 e. The monoisotopic (exact) mass is 237 g/mol. The molecule has 1 aromatic carbocycles. The Balaban J connectivity index is 1.99. The summed E-state index contributed by atoms with van der Waals surface area (Å²) in [7, 11) is 1.68. The molecule has 0 N–H and O–H groups in total. The van der Waals surface area contributed by atoms with E-state index in [1.807, 2.05) is 0 Å². The number of likely N-dealkylation sites (N-methyl/N-ethyl adjacent to an activating group) is 1. The second kappa shape index (κ2) is 5.27. The van der Waals surface area contributed by atoms with E-state index in [9.17, 15) is 9.18 Å². The molecule has 0 saturated carbocycles. The molecule has 2 rings (SSSR count). The lowest BCUT2D eigenvalue weighted by Crippen LogP contribution is -2.35. The van der Waals surface area contributed by atoms with E-state index >= 15 is 0 Å². The highest BCUT2D eigenvalue weighted by Crippen LogP contribution is 2.16. The number of hydrogen-bond donors (Lipinski definition) is 0. The number of carbonyl (C=O) groups excluding carboxylic acids is 1. The van der Waals surface area contributed by atoms with Crippen LogP contribution in [-0.2, 0) is 16.1 Å². The van der Waals surface area contributed by atoms with E-state index < -0.39 is 0 Å². The normalized spacial score (nSPS) is 19.3. The summed E-state index contributed by atoms with van der Waals surface area (Å²) in [5, 5.41) is 0. The van der Waals surface area contributed by atoms with E-state index in [1.54, 1.807) is 25.2 Å². The van der Waals surface area contributed by atoms with Gasteiger partial charge in [0, 0.05) is 25.8 Å². The lowest BCUT2D eigenvalue weighted by Gasteiger charge is -2.20. The highest BCUT2D eigenvalue weighted by Gasteiger charge is 2.26. The first-order chi connectivity index (χ1) is 8.18. The predicted molar refractivity (Wildman–Crippen MR) is 61.8 cm³/mol. The third-order valence-electron chi connectivity index (χ3n) is 2.95. The van der Waals surface area contributed by atoms with Crippen LogP contribution in [0.25, 0.3) is 0 Å². The molecule has 0 aliphatic carbocycles. The molecule has 1 unspecified atom stereocenters. The molecule has 0 spiro atoms. The van der Waals surface area contributed by atoms with Crippen LogP contribution >= 0.6 is 0 Å². The molecular formula is C13H16FNO2. The van der Waals surface area contributed by atoms with Gasteiger partial charge in [-0.25, -0.2) is 4.39 Å². The maximum absolute atomic E-state index is 13.4. The van der Waals surface area contributed by atoms with Gasteiger partial charge >= 0.3 is 0 Å². The van der Waals surface area contributed by atoms with Gasteiger partial charge in [0.25, 0.3) is 5.91 Å². The van der Waals surface area contributed by atoms with Gasteiger partial charge in [0.2, 0.25) is 0 Å². The Labute approximate surface area is 100 Å². The molecule has 1 aliphatic rings. The van der Waals surface area contributed by atoms with Gasteiger partial charge in [-0.2, -0.15) is 0 Å². The molecule has 92 valence electrons. The maximum atomic E-state index is 13.4. The molecule has 0 radical (unpaired) electrons. The Kier molecular flexibility index (Phi) is 3.74. The summed E-state index contributed by atoms with van der Waals surface area (Å²) < 4.78 is 18.7. The van der Waals surface area contributed by atoms with Crippen molar-refractivity contribution in [2.24, 2.45) is 0 Å². The Bertz CT molecular complexity index is 402. The molecule has 1 aliphatic heterocycles. The van der Waals surface area contributed by atoms with E-state index in [2.05, 4.69) is 0 Å². The molecule has 1 fully saturated rings. The third-order valence-corrected chi connectivity index (χ3v) is 2.95. The van der Waals surface area contributed by atoms with Gasteiger partial charge in [0.15, 0.2) is 0 Å². The van der Waals surface area contributed by atoms with Gasteiger partial charge in [-0.05, 0) is 18.9 Å². The van der Waals surface area contributed by atoms with Crippen molar-refractivity contribution >= 4 is 5.91 Å². The molecule has 0 bridgehead atoms. The first-order valence-electron chi connectivity index (χ1n) is 5.78. The Hall–Kier alpha value is -1.42. The van der Waals surface area contributed by atoms with Crippen LogP contribution in [0.15, 0.2) is 24.3 Å². The van der Waals surface area contributed by atoms with Crippen molar-refractivity contribution in [3.8, 4) is 0 Å². The van der Waals surface area contributed by atoms with Crippen LogP contribution in [0.4, 0.5) is 4.39 Å². The van der Waals surface area contributed by atoms with E-state index in [0.29, 0.717) is 12.2 Å². The number of halogens is 1. The zero-order chi connectivity index (χ0) is 12.3. The summed E-state index contributed by atoms with van der Waals surface area (Å²) in [6, 6.07) is 6.50. The van der Waals surface area contributed by atoms with Crippen molar-refractivity contribution < 1.29 is 13.9 Å². The van der Waals surface area contributed by atoms with Crippen molar-refractivity contribution in [1.29, 1.82) is 0 Å². The van der Waals surface area contributed by atoms with Crippen LogP contribution < -0.4 is 0 Å². The molecule has 0 aromatic heterocycles. The Morgan fingerprint density at radius 1 is 1.53 bits per heavy atom. The Morgan fingerprint density at radius 3 is 2.94 bits per heavy atom. The maximum Gasteiger partial charge on any atom is 0.251 e. The van der Waals surface area contributed by atoms with E-state index in [4.69, 9.17) is 4.74 Å². The van der Waals surface area contributed by atoms with Crippen molar-refractivity contribution in [1.82, 2.24) is 4.90 Å². The van der Waals surface area contributed by atoms with Gasteiger partial charge in [0.1, 0.15) is 11.9 Å². The molecule has 1 amide bonds.